The molecule has 0 aromatic heterocycles. The van der Waals surface area contributed by atoms with Crippen LogP contribution in [-0.2, 0) is 9.53 Å². The molecule has 0 saturated carbocycles. The van der Waals surface area contributed by atoms with Crippen molar-refractivity contribution in [3.05, 3.63) is 0 Å². The maximum atomic E-state index is 12.9. The average molecular weight is 397 g/mol. The van der Waals surface area contributed by atoms with Crippen LogP contribution in [0.1, 0.15) is 150 Å². The molecule has 0 aliphatic rings. The highest BCUT2D eigenvalue weighted by atomic mass is 16.5. The van der Waals surface area contributed by atoms with E-state index in [2.05, 4.69) is 27.7 Å². The van der Waals surface area contributed by atoms with Crippen molar-refractivity contribution in [1.82, 2.24) is 0 Å². The molecular weight excluding hydrogens is 344 g/mol. The fraction of sp³-hybridized carbons (Fsp3) is 0.962. The van der Waals surface area contributed by atoms with E-state index in [4.69, 9.17) is 4.74 Å². The number of hydrogen-bond acceptors (Lipinski definition) is 2. The van der Waals surface area contributed by atoms with Crippen LogP contribution in [0, 0.1) is 5.41 Å². The molecule has 0 radical (unpaired) electrons. The fourth-order valence-electron chi connectivity index (χ4n) is 4.14. The second kappa shape index (κ2) is 19.8. The van der Waals surface area contributed by atoms with E-state index in [1.165, 1.54) is 83.5 Å². The molecule has 0 bridgehead atoms. The lowest BCUT2D eigenvalue weighted by Crippen LogP contribution is -2.33. The van der Waals surface area contributed by atoms with Gasteiger partial charge in [0.15, 0.2) is 0 Å². The van der Waals surface area contributed by atoms with E-state index < -0.39 is 0 Å². The molecule has 0 spiro atoms. The molecule has 0 fully saturated rings. The zero-order valence-corrected chi connectivity index (χ0v) is 20.0. The van der Waals surface area contributed by atoms with Crippen LogP contribution >= 0.6 is 0 Å². The summed E-state index contributed by atoms with van der Waals surface area (Å²) in [5.41, 5.74) is -0.221. The van der Waals surface area contributed by atoms with Crippen LogP contribution in [0.4, 0.5) is 0 Å². The molecule has 0 heterocycles. The summed E-state index contributed by atoms with van der Waals surface area (Å²) in [6.45, 7) is 9.54. The Balaban J connectivity index is 4.11. The standard InChI is InChI=1S/C26H52O2/c1-5-9-12-14-15-16-17-19-21-24-28-25(27)26(8-4,22-11-7-3)23-20-18-13-10-6-2/h5-24H2,1-4H3. The van der Waals surface area contributed by atoms with Gasteiger partial charge in [0.05, 0.1) is 12.0 Å². The molecule has 1 unspecified atom stereocenters. The quantitative estimate of drug-likeness (QED) is 0.143. The molecule has 0 amide bonds. The molecule has 0 aliphatic carbocycles. The predicted octanol–water partition coefficient (Wildman–Crippen LogP) is 9.01. The van der Waals surface area contributed by atoms with Crippen LogP contribution in [0.3, 0.4) is 0 Å². The van der Waals surface area contributed by atoms with Gasteiger partial charge < -0.3 is 4.74 Å². The first-order valence-corrected chi connectivity index (χ1v) is 12.8. The summed E-state index contributed by atoms with van der Waals surface area (Å²) in [6.07, 6.45) is 23.3. The lowest BCUT2D eigenvalue weighted by Gasteiger charge is -2.30. The van der Waals surface area contributed by atoms with Gasteiger partial charge in [-0.15, -0.1) is 0 Å². The number of carbonyl (C=O) groups excluding carboxylic acids is 1. The highest BCUT2D eigenvalue weighted by molar-refractivity contribution is 5.76. The van der Waals surface area contributed by atoms with Gasteiger partial charge in [-0.2, -0.15) is 0 Å². The van der Waals surface area contributed by atoms with Crippen molar-refractivity contribution in [2.45, 2.75) is 150 Å². The summed E-state index contributed by atoms with van der Waals surface area (Å²) < 4.78 is 5.79. The van der Waals surface area contributed by atoms with E-state index in [1.807, 2.05) is 0 Å². The van der Waals surface area contributed by atoms with Crippen LogP contribution in [-0.4, -0.2) is 12.6 Å². The highest BCUT2D eigenvalue weighted by Gasteiger charge is 2.36. The van der Waals surface area contributed by atoms with Crippen molar-refractivity contribution < 1.29 is 9.53 Å². The van der Waals surface area contributed by atoms with Gasteiger partial charge in [0.25, 0.3) is 0 Å². The van der Waals surface area contributed by atoms with Crippen molar-refractivity contribution in [3.63, 3.8) is 0 Å². The number of carbonyl (C=O) groups is 1. The van der Waals surface area contributed by atoms with Gasteiger partial charge >= 0.3 is 5.97 Å². The van der Waals surface area contributed by atoms with Crippen molar-refractivity contribution in [3.8, 4) is 0 Å². The molecule has 0 aromatic rings. The summed E-state index contributed by atoms with van der Waals surface area (Å²) in [7, 11) is 0. The molecule has 2 nitrogen and oxygen atoms in total. The molecule has 28 heavy (non-hydrogen) atoms. The molecule has 0 saturated heterocycles. The van der Waals surface area contributed by atoms with Gasteiger partial charge in [-0.1, -0.05) is 124 Å². The van der Waals surface area contributed by atoms with E-state index in [0.717, 1.165) is 38.5 Å². The summed E-state index contributed by atoms with van der Waals surface area (Å²) in [5, 5.41) is 0. The average Bonchev–Trinajstić information content (AvgIpc) is 2.71. The first kappa shape index (κ1) is 27.5. The number of unbranched alkanes of at least 4 members (excludes halogenated alkanes) is 13. The van der Waals surface area contributed by atoms with E-state index in [1.54, 1.807) is 0 Å². The van der Waals surface area contributed by atoms with Crippen LogP contribution in [0.15, 0.2) is 0 Å². The lowest BCUT2D eigenvalue weighted by molar-refractivity contribution is -0.157. The Morgan fingerprint density at radius 1 is 0.571 bits per heavy atom. The molecule has 2 heteroatoms. The summed E-state index contributed by atoms with van der Waals surface area (Å²) >= 11 is 0. The van der Waals surface area contributed by atoms with Gasteiger partial charge in [-0.3, -0.25) is 4.79 Å². The van der Waals surface area contributed by atoms with E-state index in [9.17, 15) is 4.79 Å². The maximum Gasteiger partial charge on any atom is 0.312 e. The van der Waals surface area contributed by atoms with Gasteiger partial charge in [0.2, 0.25) is 0 Å². The molecular formula is C26H52O2. The minimum atomic E-state index is -0.221. The summed E-state index contributed by atoms with van der Waals surface area (Å²) in [5.74, 6) is 0.0958. The van der Waals surface area contributed by atoms with Crippen LogP contribution in [0.25, 0.3) is 0 Å². The minimum Gasteiger partial charge on any atom is -0.465 e. The third kappa shape index (κ3) is 13.6. The van der Waals surface area contributed by atoms with Gasteiger partial charge in [0.1, 0.15) is 0 Å². The largest absolute Gasteiger partial charge is 0.465 e. The van der Waals surface area contributed by atoms with Crippen LogP contribution in [0.2, 0.25) is 0 Å². The zero-order chi connectivity index (χ0) is 20.9. The van der Waals surface area contributed by atoms with Gasteiger partial charge in [-0.05, 0) is 25.7 Å². The van der Waals surface area contributed by atoms with Crippen LogP contribution < -0.4 is 0 Å². The Morgan fingerprint density at radius 2 is 1.00 bits per heavy atom. The van der Waals surface area contributed by atoms with E-state index >= 15 is 0 Å². The topological polar surface area (TPSA) is 26.3 Å². The molecule has 0 N–H and O–H groups in total. The molecule has 0 aliphatic heterocycles. The SMILES string of the molecule is CCCCCCCCCCCOC(=O)C(CC)(CCCC)CCCCCCC. The van der Waals surface area contributed by atoms with Crippen LogP contribution in [0.5, 0.6) is 0 Å². The monoisotopic (exact) mass is 396 g/mol. The third-order valence-electron chi connectivity index (χ3n) is 6.36. The fourth-order valence-corrected chi connectivity index (χ4v) is 4.14. The third-order valence-corrected chi connectivity index (χ3v) is 6.36. The zero-order valence-electron chi connectivity index (χ0n) is 20.0. The summed E-state index contributed by atoms with van der Waals surface area (Å²) in [4.78, 5) is 12.9. The Bertz CT molecular complexity index is 339. The Kier molecular flexibility index (Phi) is 19.4. The maximum absolute atomic E-state index is 12.9. The second-order valence-electron chi connectivity index (χ2n) is 8.87. The van der Waals surface area contributed by atoms with Gasteiger partial charge in [-0.25, -0.2) is 0 Å². The summed E-state index contributed by atoms with van der Waals surface area (Å²) in [6, 6.07) is 0. The Labute approximate surface area is 177 Å². The van der Waals surface area contributed by atoms with E-state index in [-0.39, 0.29) is 11.4 Å². The Hall–Kier alpha value is -0.530. The highest BCUT2D eigenvalue weighted by Crippen LogP contribution is 2.36. The van der Waals surface area contributed by atoms with Crippen molar-refractivity contribution in [2.24, 2.45) is 5.41 Å². The smallest absolute Gasteiger partial charge is 0.312 e. The molecule has 0 rings (SSSR count). The minimum absolute atomic E-state index is 0.0958. The first-order valence-electron chi connectivity index (χ1n) is 12.8. The number of hydrogen-bond donors (Lipinski definition) is 0. The van der Waals surface area contributed by atoms with Crippen molar-refractivity contribution in [2.75, 3.05) is 6.61 Å². The molecule has 168 valence electrons. The first-order chi connectivity index (χ1) is 13.7. The van der Waals surface area contributed by atoms with Crippen molar-refractivity contribution in [1.29, 1.82) is 0 Å². The van der Waals surface area contributed by atoms with Crippen molar-refractivity contribution >= 4 is 5.97 Å². The van der Waals surface area contributed by atoms with E-state index in [0.29, 0.717) is 6.61 Å². The normalized spacial score (nSPS) is 13.4. The molecule has 0 aromatic carbocycles. The second-order valence-corrected chi connectivity index (χ2v) is 8.87. The number of rotatable bonds is 21. The number of esters is 1. The molecule has 1 atom stereocenters. The lowest BCUT2D eigenvalue weighted by atomic mass is 9.76. The predicted molar refractivity (Wildman–Crippen MR) is 124 cm³/mol. The Morgan fingerprint density at radius 3 is 1.50 bits per heavy atom. The number of ether oxygens (including phenoxy) is 1. The van der Waals surface area contributed by atoms with Gasteiger partial charge in [0, 0.05) is 0 Å².